The van der Waals surface area contributed by atoms with E-state index in [4.69, 9.17) is 4.74 Å². The van der Waals surface area contributed by atoms with E-state index in [1.54, 1.807) is 0 Å². The van der Waals surface area contributed by atoms with Crippen LogP contribution in [0.4, 0.5) is 0 Å². The zero-order valence-electron chi connectivity index (χ0n) is 12.3. The van der Waals surface area contributed by atoms with Gasteiger partial charge in [0.2, 0.25) is 0 Å². The highest BCUT2D eigenvalue weighted by Crippen LogP contribution is 1.89. The summed E-state index contributed by atoms with van der Waals surface area (Å²) in [5.74, 6) is 0.829. The lowest BCUT2D eigenvalue weighted by molar-refractivity contribution is 0.135. The lowest BCUT2D eigenvalue weighted by atomic mass is 10.4. The molecule has 0 aliphatic rings. The fourth-order valence-electron chi connectivity index (χ4n) is 0.848. The predicted octanol–water partition coefficient (Wildman–Crippen LogP) is 3.94. The van der Waals surface area contributed by atoms with Crippen molar-refractivity contribution >= 4 is 0 Å². The second-order valence-electron chi connectivity index (χ2n) is 3.42. The van der Waals surface area contributed by atoms with Gasteiger partial charge in [-0.3, -0.25) is 0 Å². The standard InChI is InChI=1S/C6H8N2.C6H14O.C2H6/c1-5-3-7-6(2)8-4-5;1-3-5-7-6-4-2;1-2/h3-4H,1-2H3;3-6H2,1-2H3;1-2H3. The molecule has 0 saturated heterocycles. The van der Waals surface area contributed by atoms with Crippen LogP contribution >= 0.6 is 0 Å². The molecule has 0 amide bonds. The third kappa shape index (κ3) is 15.0. The van der Waals surface area contributed by atoms with Gasteiger partial charge in [0, 0.05) is 25.6 Å². The van der Waals surface area contributed by atoms with Crippen LogP contribution in [0, 0.1) is 13.8 Å². The zero-order chi connectivity index (χ0) is 13.5. The molecule has 0 unspecified atom stereocenters. The minimum atomic E-state index is 0.829. The summed E-state index contributed by atoms with van der Waals surface area (Å²) in [7, 11) is 0. The van der Waals surface area contributed by atoms with E-state index in [9.17, 15) is 0 Å². The van der Waals surface area contributed by atoms with Gasteiger partial charge in [-0.25, -0.2) is 9.97 Å². The van der Waals surface area contributed by atoms with Gasteiger partial charge in [-0.2, -0.15) is 0 Å². The van der Waals surface area contributed by atoms with Gasteiger partial charge >= 0.3 is 0 Å². The van der Waals surface area contributed by atoms with E-state index in [2.05, 4.69) is 23.8 Å². The van der Waals surface area contributed by atoms with E-state index in [0.29, 0.717) is 0 Å². The van der Waals surface area contributed by atoms with Gasteiger partial charge in [-0.15, -0.1) is 0 Å². The van der Waals surface area contributed by atoms with Gasteiger partial charge in [-0.1, -0.05) is 27.7 Å². The van der Waals surface area contributed by atoms with E-state index in [1.165, 1.54) is 0 Å². The highest BCUT2D eigenvalue weighted by Gasteiger charge is 1.82. The van der Waals surface area contributed by atoms with Gasteiger partial charge < -0.3 is 4.74 Å². The SMILES string of the molecule is CC.CCCOCCC.Cc1cnc(C)nc1. The van der Waals surface area contributed by atoms with Crippen LogP contribution in [0.15, 0.2) is 12.4 Å². The summed E-state index contributed by atoms with van der Waals surface area (Å²) in [6.07, 6.45) is 5.89. The number of hydrogen-bond donors (Lipinski definition) is 0. The minimum Gasteiger partial charge on any atom is -0.381 e. The Morgan fingerprint density at radius 2 is 1.35 bits per heavy atom. The predicted molar refractivity (Wildman–Crippen MR) is 74.3 cm³/mol. The average Bonchev–Trinajstić information content (AvgIpc) is 2.37. The summed E-state index contributed by atoms with van der Waals surface area (Å²) in [5, 5.41) is 0. The summed E-state index contributed by atoms with van der Waals surface area (Å²) in [6, 6.07) is 0. The fraction of sp³-hybridized carbons (Fsp3) is 0.714. The second kappa shape index (κ2) is 15.0. The first-order chi connectivity index (χ1) is 8.20. The largest absolute Gasteiger partial charge is 0.381 e. The third-order valence-electron chi connectivity index (χ3n) is 1.61. The highest BCUT2D eigenvalue weighted by molar-refractivity contribution is 5.00. The van der Waals surface area contributed by atoms with Gasteiger partial charge in [0.15, 0.2) is 0 Å². The van der Waals surface area contributed by atoms with Gasteiger partial charge in [-0.05, 0) is 32.3 Å². The Kier molecular flexibility index (Phi) is 16.3. The molecule has 0 radical (unpaired) electrons. The minimum absolute atomic E-state index is 0.829. The average molecular weight is 240 g/mol. The van der Waals surface area contributed by atoms with Crippen molar-refractivity contribution in [3.05, 3.63) is 23.8 Å². The number of rotatable bonds is 4. The van der Waals surface area contributed by atoms with E-state index < -0.39 is 0 Å². The van der Waals surface area contributed by atoms with E-state index in [-0.39, 0.29) is 0 Å². The first kappa shape index (κ1) is 18.4. The Bertz CT molecular complexity index is 209. The molecule has 0 aliphatic carbocycles. The maximum atomic E-state index is 5.13. The molecule has 0 fully saturated rings. The van der Waals surface area contributed by atoms with Crippen LogP contribution in [0.1, 0.15) is 51.9 Å². The van der Waals surface area contributed by atoms with Crippen LogP contribution in [0.5, 0.6) is 0 Å². The van der Waals surface area contributed by atoms with Crippen molar-refractivity contribution in [2.24, 2.45) is 0 Å². The van der Waals surface area contributed by atoms with Crippen molar-refractivity contribution < 1.29 is 4.74 Å². The van der Waals surface area contributed by atoms with Crippen molar-refractivity contribution in [1.82, 2.24) is 9.97 Å². The quantitative estimate of drug-likeness (QED) is 0.748. The van der Waals surface area contributed by atoms with E-state index in [0.717, 1.165) is 37.4 Å². The smallest absolute Gasteiger partial charge is 0.125 e. The zero-order valence-corrected chi connectivity index (χ0v) is 12.3. The molecule has 0 atom stereocenters. The molecule has 0 saturated carbocycles. The maximum absolute atomic E-state index is 5.13. The van der Waals surface area contributed by atoms with E-state index >= 15 is 0 Å². The topological polar surface area (TPSA) is 35.0 Å². The van der Waals surface area contributed by atoms with Crippen LogP contribution in [-0.2, 0) is 4.74 Å². The lowest BCUT2D eigenvalue weighted by Gasteiger charge is -1.95. The number of aromatic nitrogens is 2. The fourth-order valence-corrected chi connectivity index (χ4v) is 0.848. The van der Waals surface area contributed by atoms with Gasteiger partial charge in [0.05, 0.1) is 0 Å². The Morgan fingerprint density at radius 1 is 0.941 bits per heavy atom. The van der Waals surface area contributed by atoms with Crippen molar-refractivity contribution in [2.75, 3.05) is 13.2 Å². The Labute approximate surface area is 107 Å². The van der Waals surface area contributed by atoms with Crippen molar-refractivity contribution in [3.63, 3.8) is 0 Å². The summed E-state index contributed by atoms with van der Waals surface area (Å²) in [4.78, 5) is 7.94. The molecule has 17 heavy (non-hydrogen) atoms. The summed E-state index contributed by atoms with van der Waals surface area (Å²) < 4.78 is 5.13. The van der Waals surface area contributed by atoms with Crippen LogP contribution in [0.3, 0.4) is 0 Å². The molecule has 0 bridgehead atoms. The molecule has 0 aliphatic heterocycles. The molecule has 1 heterocycles. The number of ether oxygens (including phenoxy) is 1. The summed E-state index contributed by atoms with van der Waals surface area (Å²) in [6.45, 7) is 13.9. The van der Waals surface area contributed by atoms with Gasteiger partial charge in [0.25, 0.3) is 0 Å². The second-order valence-corrected chi connectivity index (χ2v) is 3.42. The van der Waals surface area contributed by atoms with E-state index in [1.807, 2.05) is 40.1 Å². The number of hydrogen-bond acceptors (Lipinski definition) is 3. The van der Waals surface area contributed by atoms with Crippen molar-refractivity contribution in [1.29, 1.82) is 0 Å². The maximum Gasteiger partial charge on any atom is 0.125 e. The Balaban J connectivity index is 0. The number of aryl methyl sites for hydroxylation is 2. The molecular weight excluding hydrogens is 212 g/mol. The Morgan fingerprint density at radius 3 is 1.65 bits per heavy atom. The molecule has 1 aromatic heterocycles. The molecule has 3 heteroatoms. The summed E-state index contributed by atoms with van der Waals surface area (Å²) >= 11 is 0. The van der Waals surface area contributed by atoms with Crippen LogP contribution < -0.4 is 0 Å². The monoisotopic (exact) mass is 240 g/mol. The molecule has 0 spiro atoms. The lowest BCUT2D eigenvalue weighted by Crippen LogP contribution is -1.92. The third-order valence-corrected chi connectivity index (χ3v) is 1.61. The highest BCUT2D eigenvalue weighted by atomic mass is 16.5. The normalized spacial score (nSPS) is 8.59. The Hall–Kier alpha value is -0.960. The number of nitrogens with zero attached hydrogens (tertiary/aromatic N) is 2. The summed E-state index contributed by atoms with van der Waals surface area (Å²) in [5.41, 5.74) is 1.11. The van der Waals surface area contributed by atoms with Crippen molar-refractivity contribution in [2.45, 2.75) is 54.4 Å². The molecule has 0 N–H and O–H groups in total. The molecule has 0 aromatic carbocycles. The molecule has 100 valence electrons. The first-order valence-electron chi connectivity index (χ1n) is 6.53. The van der Waals surface area contributed by atoms with Gasteiger partial charge in [0.1, 0.15) is 5.82 Å². The molecule has 3 nitrogen and oxygen atoms in total. The van der Waals surface area contributed by atoms with Crippen LogP contribution in [-0.4, -0.2) is 23.2 Å². The first-order valence-corrected chi connectivity index (χ1v) is 6.53. The van der Waals surface area contributed by atoms with Crippen LogP contribution in [0.25, 0.3) is 0 Å². The van der Waals surface area contributed by atoms with Crippen molar-refractivity contribution in [3.8, 4) is 0 Å². The molecule has 1 rings (SSSR count). The molecular formula is C14H28N2O. The molecule has 1 aromatic rings. The van der Waals surface area contributed by atoms with Crippen LogP contribution in [0.2, 0.25) is 0 Å².